The lowest BCUT2D eigenvalue weighted by Gasteiger charge is -2.34. The smallest absolute Gasteiger partial charge is 0.281 e. The average Bonchev–Trinajstić information content (AvgIpc) is 2.39. The van der Waals surface area contributed by atoms with Crippen LogP contribution in [0.1, 0.15) is 39.0 Å². The molecule has 1 unspecified atom stereocenters. The lowest BCUT2D eigenvalue weighted by atomic mass is 10.0. The topological polar surface area (TPSA) is 66.6 Å². The van der Waals surface area contributed by atoms with Crippen LogP contribution in [0.2, 0.25) is 0 Å². The van der Waals surface area contributed by atoms with Gasteiger partial charge in [0, 0.05) is 26.7 Å². The third-order valence-electron chi connectivity index (χ3n) is 3.61. The van der Waals surface area contributed by atoms with Gasteiger partial charge in [-0.05, 0) is 31.7 Å². The van der Waals surface area contributed by atoms with Crippen LogP contribution in [0, 0.1) is 5.92 Å². The molecule has 1 atom stereocenters. The molecule has 0 aromatic heterocycles. The first kappa shape index (κ1) is 15.9. The fourth-order valence-electron chi connectivity index (χ4n) is 2.33. The Morgan fingerprint density at radius 2 is 2.11 bits per heavy atom. The molecule has 0 amide bonds. The van der Waals surface area contributed by atoms with E-state index in [1.807, 2.05) is 0 Å². The molecule has 0 saturated carbocycles. The normalized spacial score (nSPS) is 22.6. The van der Waals surface area contributed by atoms with E-state index in [0.29, 0.717) is 32.1 Å². The van der Waals surface area contributed by atoms with E-state index >= 15 is 0 Å². The molecule has 6 heteroatoms. The second kappa shape index (κ2) is 7.43. The Labute approximate surface area is 112 Å². The van der Waals surface area contributed by atoms with E-state index in [0.717, 1.165) is 32.1 Å². The number of rotatable bonds is 7. The molecule has 1 aliphatic rings. The van der Waals surface area contributed by atoms with Gasteiger partial charge < -0.3 is 5.73 Å². The summed E-state index contributed by atoms with van der Waals surface area (Å²) in [5.74, 6) is 0.317. The first-order valence-electron chi connectivity index (χ1n) is 6.93. The summed E-state index contributed by atoms with van der Waals surface area (Å²) in [5, 5.41) is 0. The van der Waals surface area contributed by atoms with Gasteiger partial charge >= 0.3 is 0 Å². The third-order valence-corrected chi connectivity index (χ3v) is 5.57. The lowest BCUT2D eigenvalue weighted by molar-refractivity contribution is 0.255. The van der Waals surface area contributed by atoms with E-state index in [1.54, 1.807) is 11.4 Å². The monoisotopic (exact) mass is 277 g/mol. The molecular formula is C12H27N3O2S. The van der Waals surface area contributed by atoms with Crippen molar-refractivity contribution < 1.29 is 8.42 Å². The molecule has 0 radical (unpaired) electrons. The van der Waals surface area contributed by atoms with E-state index in [4.69, 9.17) is 5.73 Å². The lowest BCUT2D eigenvalue weighted by Crippen LogP contribution is -2.48. The van der Waals surface area contributed by atoms with Crippen LogP contribution >= 0.6 is 0 Å². The largest absolute Gasteiger partial charge is 0.330 e. The minimum atomic E-state index is -3.27. The van der Waals surface area contributed by atoms with Crippen LogP contribution in [0.3, 0.4) is 0 Å². The Hall–Kier alpha value is -0.170. The van der Waals surface area contributed by atoms with E-state index in [1.165, 1.54) is 4.31 Å². The van der Waals surface area contributed by atoms with E-state index < -0.39 is 10.2 Å². The molecule has 1 aliphatic heterocycles. The van der Waals surface area contributed by atoms with Crippen molar-refractivity contribution in [3.8, 4) is 0 Å². The van der Waals surface area contributed by atoms with Gasteiger partial charge in [-0.25, -0.2) is 0 Å². The molecule has 0 aromatic carbocycles. The molecule has 108 valence electrons. The number of nitrogens with two attached hydrogens (primary N) is 1. The van der Waals surface area contributed by atoms with Crippen molar-refractivity contribution in [1.29, 1.82) is 0 Å². The molecule has 0 aliphatic carbocycles. The summed E-state index contributed by atoms with van der Waals surface area (Å²) in [5.41, 5.74) is 5.65. The number of nitrogens with zero attached hydrogens (tertiary/aromatic N) is 2. The number of hydrogen-bond acceptors (Lipinski definition) is 3. The van der Waals surface area contributed by atoms with Gasteiger partial charge in [0.15, 0.2) is 0 Å². The van der Waals surface area contributed by atoms with Crippen molar-refractivity contribution in [3.63, 3.8) is 0 Å². The van der Waals surface area contributed by atoms with Gasteiger partial charge in [-0.2, -0.15) is 17.0 Å². The standard InChI is InChI=1S/C12H27N3O2S/c1-3-4-5-8-14(2)18(16,17)15-9-6-7-12(10-13)11-15/h12H,3-11,13H2,1-2H3. The molecule has 1 saturated heterocycles. The summed E-state index contributed by atoms with van der Waals surface area (Å²) >= 11 is 0. The number of hydrogen-bond donors (Lipinski definition) is 1. The van der Waals surface area contributed by atoms with Crippen LogP contribution in [-0.4, -0.2) is 50.3 Å². The van der Waals surface area contributed by atoms with Crippen LogP contribution < -0.4 is 5.73 Å². The van der Waals surface area contributed by atoms with Crippen molar-refractivity contribution in [3.05, 3.63) is 0 Å². The fourth-order valence-corrected chi connectivity index (χ4v) is 3.84. The second-order valence-electron chi connectivity index (χ2n) is 5.14. The van der Waals surface area contributed by atoms with Crippen molar-refractivity contribution in [2.24, 2.45) is 11.7 Å². The Balaban J connectivity index is 2.55. The van der Waals surface area contributed by atoms with Crippen LogP contribution in [-0.2, 0) is 10.2 Å². The molecule has 0 aromatic rings. The van der Waals surface area contributed by atoms with Crippen LogP contribution in [0.5, 0.6) is 0 Å². The summed E-state index contributed by atoms with van der Waals surface area (Å²) < 4.78 is 27.8. The zero-order valence-corrected chi connectivity index (χ0v) is 12.5. The Kier molecular flexibility index (Phi) is 6.55. The zero-order valence-electron chi connectivity index (χ0n) is 11.6. The van der Waals surface area contributed by atoms with Gasteiger partial charge in [-0.3, -0.25) is 0 Å². The molecule has 2 N–H and O–H groups in total. The molecule has 18 heavy (non-hydrogen) atoms. The summed E-state index contributed by atoms with van der Waals surface area (Å²) in [6.07, 6.45) is 5.07. The van der Waals surface area contributed by atoms with Gasteiger partial charge in [0.1, 0.15) is 0 Å². The van der Waals surface area contributed by atoms with E-state index in [9.17, 15) is 8.42 Å². The summed E-state index contributed by atoms with van der Waals surface area (Å²) in [7, 11) is -1.60. The number of piperidine rings is 1. The van der Waals surface area contributed by atoms with Crippen LogP contribution in [0.25, 0.3) is 0 Å². The summed E-state index contributed by atoms with van der Waals surface area (Å²) in [6.45, 7) is 4.52. The van der Waals surface area contributed by atoms with Crippen LogP contribution in [0.15, 0.2) is 0 Å². The highest BCUT2D eigenvalue weighted by molar-refractivity contribution is 7.86. The van der Waals surface area contributed by atoms with Gasteiger partial charge in [0.2, 0.25) is 0 Å². The highest BCUT2D eigenvalue weighted by Crippen LogP contribution is 2.20. The molecule has 1 fully saturated rings. The quantitative estimate of drug-likeness (QED) is 0.707. The predicted octanol–water partition coefficient (Wildman–Crippen LogP) is 1.02. The first-order chi connectivity index (χ1) is 8.52. The second-order valence-corrected chi connectivity index (χ2v) is 7.17. The van der Waals surface area contributed by atoms with Gasteiger partial charge in [0.25, 0.3) is 10.2 Å². The Bertz CT molecular complexity index is 332. The highest BCUT2D eigenvalue weighted by atomic mass is 32.2. The minimum Gasteiger partial charge on any atom is -0.330 e. The maximum Gasteiger partial charge on any atom is 0.281 e. The molecular weight excluding hydrogens is 250 g/mol. The van der Waals surface area contributed by atoms with Crippen molar-refractivity contribution in [2.45, 2.75) is 39.0 Å². The minimum absolute atomic E-state index is 0.317. The SMILES string of the molecule is CCCCCN(C)S(=O)(=O)N1CCCC(CN)C1. The van der Waals surface area contributed by atoms with Crippen molar-refractivity contribution in [1.82, 2.24) is 8.61 Å². The fraction of sp³-hybridized carbons (Fsp3) is 1.00. The highest BCUT2D eigenvalue weighted by Gasteiger charge is 2.30. The van der Waals surface area contributed by atoms with Gasteiger partial charge in [-0.1, -0.05) is 19.8 Å². The third kappa shape index (κ3) is 4.19. The first-order valence-corrected chi connectivity index (χ1v) is 8.33. The Morgan fingerprint density at radius 3 is 2.72 bits per heavy atom. The van der Waals surface area contributed by atoms with Crippen LogP contribution in [0.4, 0.5) is 0 Å². The van der Waals surface area contributed by atoms with Gasteiger partial charge in [-0.15, -0.1) is 0 Å². The summed E-state index contributed by atoms with van der Waals surface area (Å²) in [6, 6.07) is 0. The maximum atomic E-state index is 12.4. The van der Waals surface area contributed by atoms with E-state index in [2.05, 4.69) is 6.92 Å². The predicted molar refractivity (Wildman–Crippen MR) is 74.4 cm³/mol. The summed E-state index contributed by atoms with van der Waals surface area (Å²) in [4.78, 5) is 0. The number of unbranched alkanes of at least 4 members (excludes halogenated alkanes) is 2. The maximum absolute atomic E-state index is 12.4. The molecule has 0 bridgehead atoms. The molecule has 5 nitrogen and oxygen atoms in total. The van der Waals surface area contributed by atoms with Gasteiger partial charge in [0.05, 0.1) is 0 Å². The molecule has 1 rings (SSSR count). The molecule has 1 heterocycles. The average molecular weight is 277 g/mol. The molecule has 0 spiro atoms. The Morgan fingerprint density at radius 1 is 1.39 bits per heavy atom. The van der Waals surface area contributed by atoms with Crippen molar-refractivity contribution in [2.75, 3.05) is 33.2 Å². The van der Waals surface area contributed by atoms with Crippen molar-refractivity contribution >= 4 is 10.2 Å². The van der Waals surface area contributed by atoms with E-state index in [-0.39, 0.29) is 0 Å². The zero-order chi connectivity index (χ0) is 13.6.